The normalized spacial score (nSPS) is 11.7. The first-order valence-electron chi connectivity index (χ1n) is 6.80. The first kappa shape index (κ1) is 14.8. The van der Waals surface area contributed by atoms with Crippen LogP contribution in [-0.4, -0.2) is 33.7 Å². The second kappa shape index (κ2) is 6.23. The molecule has 0 aliphatic heterocycles. The van der Waals surface area contributed by atoms with Gasteiger partial charge in [-0.05, 0) is 32.0 Å². The highest BCUT2D eigenvalue weighted by molar-refractivity contribution is 5.92. The van der Waals surface area contributed by atoms with E-state index < -0.39 is 0 Å². The maximum atomic E-state index is 12.4. The molecule has 21 heavy (non-hydrogen) atoms. The summed E-state index contributed by atoms with van der Waals surface area (Å²) in [4.78, 5) is 14.0. The number of hydrogen-bond acceptors (Lipinski definition) is 3. The van der Waals surface area contributed by atoms with E-state index in [1.54, 1.807) is 22.7 Å². The summed E-state index contributed by atoms with van der Waals surface area (Å²) in [5, 5.41) is 13.1. The minimum atomic E-state index is -0.171. The summed E-state index contributed by atoms with van der Waals surface area (Å²) in [5.74, 6) is -0.171. The van der Waals surface area contributed by atoms with E-state index in [1.807, 2.05) is 44.2 Å². The van der Waals surface area contributed by atoms with Crippen molar-refractivity contribution >= 4 is 5.91 Å². The Balaban J connectivity index is 2.27. The molecule has 5 nitrogen and oxygen atoms in total. The number of hydrogen-bond donors (Lipinski definition) is 0. The Morgan fingerprint density at radius 2 is 2.10 bits per heavy atom. The van der Waals surface area contributed by atoms with Gasteiger partial charge in [0.05, 0.1) is 18.2 Å². The van der Waals surface area contributed by atoms with Gasteiger partial charge in [-0.15, -0.1) is 0 Å². The maximum Gasteiger partial charge on any atom is 0.274 e. The van der Waals surface area contributed by atoms with E-state index in [9.17, 15) is 4.79 Å². The molecule has 1 atom stereocenters. The van der Waals surface area contributed by atoms with E-state index >= 15 is 0 Å². The Morgan fingerprint density at radius 1 is 1.43 bits per heavy atom. The second-order valence-electron chi connectivity index (χ2n) is 5.05. The highest BCUT2D eigenvalue weighted by Gasteiger charge is 2.20. The average Bonchev–Trinajstić information content (AvgIpc) is 2.89. The second-order valence-corrected chi connectivity index (χ2v) is 5.05. The Kier molecular flexibility index (Phi) is 4.39. The lowest BCUT2D eigenvalue weighted by molar-refractivity contribution is 0.0740. The lowest BCUT2D eigenvalue weighted by atomic mass is 10.2. The Bertz CT molecular complexity index is 669. The summed E-state index contributed by atoms with van der Waals surface area (Å²) in [7, 11) is 1.70. The SMILES string of the molecule is Cc1cc(C(=O)N(C)C(C)CC#N)nn1-c1ccccc1. The number of rotatable bonds is 4. The molecule has 0 bridgehead atoms. The number of amides is 1. The number of benzene rings is 1. The molecule has 2 rings (SSSR count). The quantitative estimate of drug-likeness (QED) is 0.865. The van der Waals surface area contributed by atoms with Crippen LogP contribution in [0.3, 0.4) is 0 Å². The van der Waals surface area contributed by atoms with Crippen molar-refractivity contribution in [1.29, 1.82) is 5.26 Å². The van der Waals surface area contributed by atoms with Gasteiger partial charge in [-0.1, -0.05) is 18.2 Å². The zero-order chi connectivity index (χ0) is 15.4. The van der Waals surface area contributed by atoms with Crippen LogP contribution in [0.5, 0.6) is 0 Å². The van der Waals surface area contributed by atoms with Crippen molar-refractivity contribution in [3.8, 4) is 11.8 Å². The van der Waals surface area contributed by atoms with Gasteiger partial charge in [0, 0.05) is 18.8 Å². The van der Waals surface area contributed by atoms with Crippen LogP contribution in [0.2, 0.25) is 0 Å². The highest BCUT2D eigenvalue weighted by atomic mass is 16.2. The van der Waals surface area contributed by atoms with Crippen molar-refractivity contribution in [3.05, 3.63) is 47.8 Å². The molecule has 0 spiro atoms. The fourth-order valence-corrected chi connectivity index (χ4v) is 2.06. The van der Waals surface area contributed by atoms with Crippen LogP contribution in [0.15, 0.2) is 36.4 Å². The number of nitriles is 1. The summed E-state index contributed by atoms with van der Waals surface area (Å²) in [6.45, 7) is 3.76. The number of nitrogens with zero attached hydrogens (tertiary/aromatic N) is 4. The maximum absolute atomic E-state index is 12.4. The zero-order valence-electron chi connectivity index (χ0n) is 12.4. The van der Waals surface area contributed by atoms with Crippen molar-refractivity contribution in [2.75, 3.05) is 7.05 Å². The van der Waals surface area contributed by atoms with E-state index in [1.165, 1.54) is 0 Å². The van der Waals surface area contributed by atoms with Crippen LogP contribution in [0, 0.1) is 18.3 Å². The molecule has 0 radical (unpaired) electrons. The summed E-state index contributed by atoms with van der Waals surface area (Å²) < 4.78 is 1.75. The van der Waals surface area contributed by atoms with Crippen LogP contribution in [0.4, 0.5) is 0 Å². The number of carbonyl (C=O) groups is 1. The van der Waals surface area contributed by atoms with Gasteiger partial charge in [0.2, 0.25) is 0 Å². The smallest absolute Gasteiger partial charge is 0.274 e. The van der Waals surface area contributed by atoms with Gasteiger partial charge in [-0.2, -0.15) is 10.4 Å². The summed E-state index contributed by atoms with van der Waals surface area (Å²) in [6.07, 6.45) is 0.306. The summed E-state index contributed by atoms with van der Waals surface area (Å²) >= 11 is 0. The molecule has 1 unspecified atom stereocenters. The van der Waals surface area contributed by atoms with Gasteiger partial charge in [-0.3, -0.25) is 4.79 Å². The fourth-order valence-electron chi connectivity index (χ4n) is 2.06. The molecule has 5 heteroatoms. The minimum Gasteiger partial charge on any atom is -0.337 e. The third-order valence-corrected chi connectivity index (χ3v) is 3.48. The van der Waals surface area contributed by atoms with Gasteiger partial charge in [0.25, 0.3) is 5.91 Å². The molecule has 1 amide bonds. The Morgan fingerprint density at radius 3 is 2.71 bits per heavy atom. The van der Waals surface area contributed by atoms with E-state index in [2.05, 4.69) is 11.2 Å². The predicted octanol–water partition coefficient (Wildman–Crippen LogP) is 2.55. The van der Waals surface area contributed by atoms with E-state index in [4.69, 9.17) is 5.26 Å². The third kappa shape index (κ3) is 3.11. The van der Waals surface area contributed by atoms with Crippen LogP contribution < -0.4 is 0 Å². The lowest BCUT2D eigenvalue weighted by Gasteiger charge is -2.21. The largest absolute Gasteiger partial charge is 0.337 e. The third-order valence-electron chi connectivity index (χ3n) is 3.48. The number of para-hydroxylation sites is 1. The van der Waals surface area contributed by atoms with Crippen molar-refractivity contribution in [1.82, 2.24) is 14.7 Å². The van der Waals surface area contributed by atoms with Gasteiger partial charge in [0.15, 0.2) is 5.69 Å². The molecule has 2 aromatic rings. The molecule has 0 fully saturated rings. The van der Waals surface area contributed by atoms with Crippen molar-refractivity contribution in [3.63, 3.8) is 0 Å². The monoisotopic (exact) mass is 282 g/mol. The average molecular weight is 282 g/mol. The number of aryl methyl sites for hydroxylation is 1. The zero-order valence-corrected chi connectivity index (χ0v) is 12.4. The molecular formula is C16H18N4O. The molecule has 0 N–H and O–H groups in total. The van der Waals surface area contributed by atoms with E-state index in [0.29, 0.717) is 12.1 Å². The highest BCUT2D eigenvalue weighted by Crippen LogP contribution is 2.14. The van der Waals surface area contributed by atoms with Gasteiger partial charge >= 0.3 is 0 Å². The molecule has 1 heterocycles. The van der Waals surface area contributed by atoms with Gasteiger partial charge < -0.3 is 4.90 Å². The van der Waals surface area contributed by atoms with Gasteiger partial charge in [-0.25, -0.2) is 4.68 Å². The minimum absolute atomic E-state index is 0.135. The summed E-state index contributed by atoms with van der Waals surface area (Å²) in [6, 6.07) is 13.4. The molecule has 0 saturated carbocycles. The fraction of sp³-hybridized carbons (Fsp3) is 0.312. The standard InChI is InChI=1S/C16H18N4O/c1-12(9-10-17)19(3)16(21)15-11-13(2)20(18-15)14-7-5-4-6-8-14/h4-8,11-12H,9H2,1-3H3. The number of aromatic nitrogens is 2. The summed E-state index contributed by atoms with van der Waals surface area (Å²) in [5.41, 5.74) is 2.20. The molecule has 0 saturated heterocycles. The number of carbonyl (C=O) groups excluding carboxylic acids is 1. The van der Waals surface area contributed by atoms with Crippen molar-refractivity contribution < 1.29 is 4.79 Å². The van der Waals surface area contributed by atoms with E-state index in [0.717, 1.165) is 11.4 Å². The predicted molar refractivity (Wildman–Crippen MR) is 80.1 cm³/mol. The molecule has 108 valence electrons. The van der Waals surface area contributed by atoms with Crippen LogP contribution in [-0.2, 0) is 0 Å². The first-order chi connectivity index (χ1) is 10.0. The molecule has 0 aliphatic carbocycles. The van der Waals surface area contributed by atoms with Crippen LogP contribution >= 0.6 is 0 Å². The first-order valence-corrected chi connectivity index (χ1v) is 6.80. The van der Waals surface area contributed by atoms with Gasteiger partial charge in [0.1, 0.15) is 0 Å². The van der Waals surface area contributed by atoms with E-state index in [-0.39, 0.29) is 11.9 Å². The topological polar surface area (TPSA) is 61.9 Å². The van der Waals surface area contributed by atoms with Crippen LogP contribution in [0.1, 0.15) is 29.5 Å². The molecule has 0 aliphatic rings. The van der Waals surface area contributed by atoms with Crippen molar-refractivity contribution in [2.45, 2.75) is 26.3 Å². The van der Waals surface area contributed by atoms with Crippen LogP contribution in [0.25, 0.3) is 5.69 Å². The molecular weight excluding hydrogens is 264 g/mol. The van der Waals surface area contributed by atoms with Crippen molar-refractivity contribution in [2.24, 2.45) is 0 Å². The molecule has 1 aromatic heterocycles. The molecule has 1 aromatic carbocycles. The Hall–Kier alpha value is -2.61. The Labute approximate surface area is 124 Å². The lowest BCUT2D eigenvalue weighted by Crippen LogP contribution is -2.35.